The Bertz CT molecular complexity index is 1200. The Kier molecular flexibility index (Phi) is 4.99. The van der Waals surface area contributed by atoms with Gasteiger partial charge in [-0.15, -0.1) is 0 Å². The summed E-state index contributed by atoms with van der Waals surface area (Å²) in [5.74, 6) is 5.21. The Balaban J connectivity index is 1.38. The van der Waals surface area contributed by atoms with Gasteiger partial charge in [0.1, 0.15) is 12.2 Å². The third-order valence-corrected chi connectivity index (χ3v) is 4.37. The molecule has 29 heavy (non-hydrogen) atoms. The fourth-order valence-corrected chi connectivity index (χ4v) is 2.93. The molecule has 1 aliphatic heterocycles. The molecule has 1 aliphatic rings. The average molecular weight is 388 g/mol. The van der Waals surface area contributed by atoms with Crippen molar-refractivity contribution >= 4 is 28.7 Å². The number of para-hydroxylation sites is 1. The molecule has 1 fully saturated rings. The van der Waals surface area contributed by atoms with Crippen molar-refractivity contribution in [3.05, 3.63) is 76.1 Å². The molecule has 0 bridgehead atoms. The number of benzene rings is 2. The van der Waals surface area contributed by atoms with Gasteiger partial charge in [-0.05, 0) is 36.4 Å². The largest absolute Gasteiger partial charge is 0.451 e. The highest BCUT2D eigenvalue weighted by Gasteiger charge is 2.23. The molecule has 0 aliphatic carbocycles. The van der Waals surface area contributed by atoms with Crippen molar-refractivity contribution in [3.8, 4) is 11.8 Å². The van der Waals surface area contributed by atoms with Crippen LogP contribution >= 0.6 is 0 Å². The predicted molar refractivity (Wildman–Crippen MR) is 107 cm³/mol. The molecule has 0 spiro atoms. The topological polar surface area (TPSA) is 88.9 Å². The van der Waals surface area contributed by atoms with Crippen LogP contribution in [0.25, 0.3) is 11.0 Å². The number of carbonyl (C=O) groups excluding carboxylic acids is 2. The third kappa shape index (κ3) is 3.96. The van der Waals surface area contributed by atoms with E-state index in [2.05, 4.69) is 17.2 Å². The first-order valence-corrected chi connectivity index (χ1v) is 8.96. The van der Waals surface area contributed by atoms with Crippen LogP contribution in [-0.4, -0.2) is 31.7 Å². The molecule has 2 heterocycles. The second kappa shape index (κ2) is 7.90. The molecule has 4 rings (SSSR count). The molecule has 0 saturated carbocycles. The fraction of sp³-hybridized carbons (Fsp3) is 0.136. The lowest BCUT2D eigenvalue weighted by molar-refractivity contribution is 0.0931. The van der Waals surface area contributed by atoms with Gasteiger partial charge in [0, 0.05) is 17.3 Å². The minimum Gasteiger partial charge on any atom is -0.451 e. The summed E-state index contributed by atoms with van der Waals surface area (Å²) in [6.45, 7) is 1.01. The van der Waals surface area contributed by atoms with Crippen LogP contribution in [0.3, 0.4) is 0 Å². The maximum atomic E-state index is 12.2. The minimum absolute atomic E-state index is 0.0580. The van der Waals surface area contributed by atoms with E-state index in [9.17, 15) is 14.4 Å². The minimum atomic E-state index is -0.509. The van der Waals surface area contributed by atoms with Crippen molar-refractivity contribution in [2.75, 3.05) is 24.6 Å². The van der Waals surface area contributed by atoms with Gasteiger partial charge in [-0.1, -0.05) is 24.0 Å². The number of amides is 2. The number of hydrogen-bond acceptors (Lipinski definition) is 5. The maximum Gasteiger partial charge on any atom is 0.414 e. The fourth-order valence-electron chi connectivity index (χ4n) is 2.93. The molecule has 1 aromatic heterocycles. The van der Waals surface area contributed by atoms with Crippen molar-refractivity contribution in [2.24, 2.45) is 0 Å². The first-order chi connectivity index (χ1) is 14.1. The lowest BCUT2D eigenvalue weighted by atomic mass is 10.2. The number of cyclic esters (lactones) is 1. The predicted octanol–water partition coefficient (Wildman–Crippen LogP) is 2.53. The normalized spacial score (nSPS) is 13.0. The van der Waals surface area contributed by atoms with Crippen LogP contribution < -0.4 is 15.6 Å². The highest BCUT2D eigenvalue weighted by Crippen LogP contribution is 2.18. The Hall–Kier alpha value is -4.05. The smallest absolute Gasteiger partial charge is 0.414 e. The van der Waals surface area contributed by atoms with Gasteiger partial charge >= 0.3 is 6.09 Å². The van der Waals surface area contributed by atoms with Crippen molar-refractivity contribution < 1.29 is 18.7 Å². The molecule has 144 valence electrons. The van der Waals surface area contributed by atoms with E-state index in [1.807, 2.05) is 0 Å². The highest BCUT2D eigenvalue weighted by atomic mass is 16.6. The molecule has 1 N–H and O–H groups in total. The van der Waals surface area contributed by atoms with Crippen LogP contribution in [0.15, 0.2) is 63.8 Å². The van der Waals surface area contributed by atoms with E-state index in [-0.39, 0.29) is 23.8 Å². The monoisotopic (exact) mass is 388 g/mol. The zero-order chi connectivity index (χ0) is 20.2. The summed E-state index contributed by atoms with van der Waals surface area (Å²) in [5, 5.41) is 3.03. The quantitative estimate of drug-likeness (QED) is 0.697. The Labute approximate surface area is 165 Å². The molecule has 0 radical (unpaired) electrons. The van der Waals surface area contributed by atoms with Gasteiger partial charge in [0.15, 0.2) is 11.2 Å². The van der Waals surface area contributed by atoms with Crippen molar-refractivity contribution in [3.63, 3.8) is 0 Å². The van der Waals surface area contributed by atoms with Gasteiger partial charge in [-0.25, -0.2) is 4.79 Å². The molecule has 0 unspecified atom stereocenters. The van der Waals surface area contributed by atoms with Crippen molar-refractivity contribution in [1.82, 2.24) is 5.32 Å². The summed E-state index contributed by atoms with van der Waals surface area (Å²) in [6.07, 6.45) is -0.355. The molecule has 1 saturated heterocycles. The number of hydrogen-bond donors (Lipinski definition) is 1. The van der Waals surface area contributed by atoms with Crippen LogP contribution in [0.4, 0.5) is 10.5 Å². The molecule has 0 atom stereocenters. The summed E-state index contributed by atoms with van der Waals surface area (Å²) in [5.41, 5.74) is 1.58. The Morgan fingerprint density at radius 3 is 2.66 bits per heavy atom. The summed E-state index contributed by atoms with van der Waals surface area (Å²) >= 11 is 0. The second-order valence-corrected chi connectivity index (χ2v) is 6.27. The van der Waals surface area contributed by atoms with E-state index in [1.165, 1.54) is 6.07 Å². The molecule has 3 aromatic rings. The van der Waals surface area contributed by atoms with Crippen molar-refractivity contribution in [1.29, 1.82) is 0 Å². The Morgan fingerprint density at radius 2 is 1.90 bits per heavy atom. The first-order valence-electron chi connectivity index (χ1n) is 8.96. The standard InChI is InChI=1S/C22H16N2O5/c25-18-14-20(29-19-6-2-1-5-17(18)19)21(26)23-11-3-4-15-7-9-16(10-8-15)24-12-13-28-22(24)27/h1-2,5-10,14H,11-13H2,(H,23,26). The molecule has 7 nitrogen and oxygen atoms in total. The lowest BCUT2D eigenvalue weighted by Crippen LogP contribution is -2.24. The van der Waals surface area contributed by atoms with Crippen LogP contribution in [0, 0.1) is 11.8 Å². The van der Waals surface area contributed by atoms with Gasteiger partial charge in [0.25, 0.3) is 5.91 Å². The van der Waals surface area contributed by atoms with E-state index < -0.39 is 5.91 Å². The van der Waals surface area contributed by atoms with Gasteiger partial charge < -0.3 is 14.5 Å². The molecular weight excluding hydrogens is 372 g/mol. The molecule has 2 amide bonds. The van der Waals surface area contributed by atoms with Gasteiger partial charge in [-0.3, -0.25) is 14.5 Å². The van der Waals surface area contributed by atoms with Crippen LogP contribution in [0.1, 0.15) is 16.1 Å². The Morgan fingerprint density at radius 1 is 1.10 bits per heavy atom. The summed E-state index contributed by atoms with van der Waals surface area (Å²) < 4.78 is 10.4. The number of ether oxygens (including phenoxy) is 1. The zero-order valence-electron chi connectivity index (χ0n) is 15.3. The number of carbonyl (C=O) groups is 2. The van der Waals surface area contributed by atoms with E-state index in [0.29, 0.717) is 24.1 Å². The highest BCUT2D eigenvalue weighted by molar-refractivity contribution is 5.93. The van der Waals surface area contributed by atoms with E-state index >= 15 is 0 Å². The van der Waals surface area contributed by atoms with Gasteiger partial charge in [-0.2, -0.15) is 0 Å². The first kappa shape index (κ1) is 18.3. The third-order valence-electron chi connectivity index (χ3n) is 4.37. The lowest BCUT2D eigenvalue weighted by Gasteiger charge is -2.11. The molecule has 7 heteroatoms. The number of nitrogens with zero attached hydrogens (tertiary/aromatic N) is 1. The summed E-state index contributed by atoms with van der Waals surface area (Å²) in [6, 6.07) is 15.1. The molecular formula is C22H16N2O5. The van der Waals surface area contributed by atoms with E-state index in [0.717, 1.165) is 11.3 Å². The second-order valence-electron chi connectivity index (χ2n) is 6.27. The van der Waals surface area contributed by atoms with Gasteiger partial charge in [0.05, 0.1) is 18.5 Å². The number of fused-ring (bicyclic) bond motifs is 1. The summed E-state index contributed by atoms with van der Waals surface area (Å²) in [7, 11) is 0. The molecule has 2 aromatic carbocycles. The van der Waals surface area contributed by atoms with Crippen LogP contribution in [-0.2, 0) is 4.74 Å². The maximum absolute atomic E-state index is 12.2. The van der Waals surface area contributed by atoms with Crippen LogP contribution in [0.5, 0.6) is 0 Å². The summed E-state index contributed by atoms with van der Waals surface area (Å²) in [4.78, 5) is 37.4. The number of nitrogens with one attached hydrogen (secondary N) is 1. The average Bonchev–Trinajstić information content (AvgIpc) is 3.17. The van der Waals surface area contributed by atoms with Crippen molar-refractivity contribution in [2.45, 2.75) is 0 Å². The zero-order valence-corrected chi connectivity index (χ0v) is 15.3. The van der Waals surface area contributed by atoms with E-state index in [1.54, 1.807) is 53.4 Å². The SMILES string of the molecule is O=C(NCC#Cc1ccc(N2CCOC2=O)cc1)c1cc(=O)c2ccccc2o1. The van der Waals surface area contributed by atoms with Gasteiger partial charge in [0.2, 0.25) is 0 Å². The van der Waals surface area contributed by atoms with E-state index in [4.69, 9.17) is 9.15 Å². The number of anilines is 1. The number of rotatable bonds is 3. The van der Waals surface area contributed by atoms with Crippen LogP contribution in [0.2, 0.25) is 0 Å².